The van der Waals surface area contributed by atoms with E-state index in [-0.39, 0.29) is 5.41 Å². The number of likely N-dealkylation sites (tertiary alicyclic amines) is 1. The van der Waals surface area contributed by atoms with E-state index < -0.39 is 10.0 Å². The van der Waals surface area contributed by atoms with E-state index in [4.69, 9.17) is 4.52 Å². The number of rotatable bonds is 3. The second-order valence-electron chi connectivity index (χ2n) is 6.96. The average Bonchev–Trinajstić information content (AvgIpc) is 2.97. The lowest BCUT2D eigenvalue weighted by atomic mass is 9.80. The molecule has 0 amide bonds. The van der Waals surface area contributed by atoms with Crippen LogP contribution in [0.4, 0.5) is 0 Å². The first-order chi connectivity index (χ1) is 10.3. The lowest BCUT2D eigenvalue weighted by Crippen LogP contribution is -2.46. The predicted octanol–water partition coefficient (Wildman–Crippen LogP) is 1.54. The SMILES string of the molecule is Cc1noc(C)c1CN1CCC2(CCCN(S(C)(=O)=O)C2)C1. The molecule has 6 nitrogen and oxygen atoms in total. The van der Waals surface area contributed by atoms with Crippen molar-refractivity contribution in [2.24, 2.45) is 5.41 Å². The minimum absolute atomic E-state index is 0.125. The van der Waals surface area contributed by atoms with Crippen molar-refractivity contribution in [1.29, 1.82) is 0 Å². The highest BCUT2D eigenvalue weighted by Crippen LogP contribution is 2.40. The monoisotopic (exact) mass is 327 g/mol. The Morgan fingerprint density at radius 2 is 2.00 bits per heavy atom. The molecule has 1 aromatic heterocycles. The first-order valence-electron chi connectivity index (χ1n) is 7.88. The van der Waals surface area contributed by atoms with Gasteiger partial charge in [-0.2, -0.15) is 0 Å². The number of piperidine rings is 1. The summed E-state index contributed by atoms with van der Waals surface area (Å²) < 4.78 is 30.6. The van der Waals surface area contributed by atoms with Crippen LogP contribution in [0, 0.1) is 19.3 Å². The zero-order valence-electron chi connectivity index (χ0n) is 13.6. The molecule has 124 valence electrons. The molecule has 2 aliphatic heterocycles. The highest BCUT2D eigenvalue weighted by Gasteiger charge is 2.43. The molecule has 0 aromatic carbocycles. The van der Waals surface area contributed by atoms with Gasteiger partial charge in [0.05, 0.1) is 11.9 Å². The van der Waals surface area contributed by atoms with Crippen molar-refractivity contribution in [1.82, 2.24) is 14.4 Å². The van der Waals surface area contributed by atoms with Gasteiger partial charge in [0.15, 0.2) is 0 Å². The Hall–Kier alpha value is -0.920. The van der Waals surface area contributed by atoms with Crippen LogP contribution in [-0.4, -0.2) is 55.2 Å². The van der Waals surface area contributed by atoms with E-state index in [1.165, 1.54) is 11.8 Å². The van der Waals surface area contributed by atoms with Gasteiger partial charge in [-0.1, -0.05) is 5.16 Å². The summed E-state index contributed by atoms with van der Waals surface area (Å²) in [7, 11) is -3.08. The molecule has 1 unspecified atom stereocenters. The Bertz CT molecular complexity index is 635. The van der Waals surface area contributed by atoms with Crippen LogP contribution in [0.2, 0.25) is 0 Å². The van der Waals surface area contributed by atoms with Crippen LogP contribution in [0.5, 0.6) is 0 Å². The molecule has 3 heterocycles. The number of aryl methyl sites for hydroxylation is 2. The Balaban J connectivity index is 1.69. The molecular formula is C15H25N3O3S. The zero-order chi connectivity index (χ0) is 16.0. The smallest absolute Gasteiger partial charge is 0.211 e. The second kappa shape index (κ2) is 5.62. The van der Waals surface area contributed by atoms with E-state index in [2.05, 4.69) is 10.1 Å². The van der Waals surface area contributed by atoms with Crippen LogP contribution < -0.4 is 0 Å². The molecule has 1 atom stereocenters. The highest BCUT2D eigenvalue weighted by atomic mass is 32.2. The number of nitrogens with zero attached hydrogens (tertiary/aromatic N) is 3. The molecule has 1 aromatic rings. The van der Waals surface area contributed by atoms with Gasteiger partial charge in [-0.05, 0) is 45.1 Å². The molecule has 1 spiro atoms. The summed E-state index contributed by atoms with van der Waals surface area (Å²) in [4.78, 5) is 2.41. The van der Waals surface area contributed by atoms with Crippen LogP contribution in [0.25, 0.3) is 0 Å². The van der Waals surface area contributed by atoms with Gasteiger partial charge in [0.2, 0.25) is 10.0 Å². The Labute approximate surface area is 132 Å². The Morgan fingerprint density at radius 1 is 1.23 bits per heavy atom. The van der Waals surface area contributed by atoms with Gasteiger partial charge in [-0.3, -0.25) is 4.90 Å². The lowest BCUT2D eigenvalue weighted by Gasteiger charge is -2.39. The maximum Gasteiger partial charge on any atom is 0.211 e. The van der Waals surface area contributed by atoms with Crippen LogP contribution in [0.3, 0.4) is 0 Å². The number of hydrogen-bond acceptors (Lipinski definition) is 5. The van der Waals surface area contributed by atoms with Gasteiger partial charge < -0.3 is 4.52 Å². The van der Waals surface area contributed by atoms with E-state index >= 15 is 0 Å². The molecule has 3 rings (SSSR count). The third-order valence-corrected chi connectivity index (χ3v) is 6.43. The molecular weight excluding hydrogens is 302 g/mol. The number of sulfonamides is 1. The van der Waals surface area contributed by atoms with Crippen molar-refractivity contribution < 1.29 is 12.9 Å². The maximum atomic E-state index is 11.8. The first kappa shape index (κ1) is 16.0. The summed E-state index contributed by atoms with van der Waals surface area (Å²) in [6, 6.07) is 0. The van der Waals surface area contributed by atoms with Gasteiger partial charge in [0.1, 0.15) is 5.76 Å². The van der Waals surface area contributed by atoms with E-state index in [0.29, 0.717) is 13.1 Å². The standard InChI is InChI=1S/C15H25N3O3S/c1-12-14(13(2)21-16-12)9-17-8-6-15(10-17)5-4-7-18(11-15)22(3,19)20/h4-11H2,1-3H3. The molecule has 0 radical (unpaired) electrons. The maximum absolute atomic E-state index is 11.8. The van der Waals surface area contributed by atoms with E-state index in [9.17, 15) is 8.42 Å². The Kier molecular flexibility index (Phi) is 4.07. The van der Waals surface area contributed by atoms with E-state index in [1.54, 1.807) is 4.31 Å². The largest absolute Gasteiger partial charge is 0.361 e. The summed E-state index contributed by atoms with van der Waals surface area (Å²) >= 11 is 0. The molecule has 0 N–H and O–H groups in total. The molecule has 0 saturated carbocycles. The van der Waals surface area contributed by atoms with E-state index in [1.807, 2.05) is 13.8 Å². The van der Waals surface area contributed by atoms with Crippen molar-refractivity contribution in [3.63, 3.8) is 0 Å². The molecule has 2 aliphatic rings. The normalized spacial score (nSPS) is 27.8. The van der Waals surface area contributed by atoms with Gasteiger partial charge in [0.25, 0.3) is 0 Å². The fourth-order valence-electron chi connectivity index (χ4n) is 3.89. The molecule has 7 heteroatoms. The highest BCUT2D eigenvalue weighted by molar-refractivity contribution is 7.88. The van der Waals surface area contributed by atoms with Crippen LogP contribution in [0.15, 0.2) is 4.52 Å². The van der Waals surface area contributed by atoms with Gasteiger partial charge in [-0.25, -0.2) is 12.7 Å². The average molecular weight is 327 g/mol. The van der Waals surface area contributed by atoms with Crippen molar-refractivity contribution in [2.75, 3.05) is 32.4 Å². The fraction of sp³-hybridized carbons (Fsp3) is 0.800. The van der Waals surface area contributed by atoms with Gasteiger partial charge >= 0.3 is 0 Å². The first-order valence-corrected chi connectivity index (χ1v) is 9.73. The van der Waals surface area contributed by atoms with Gasteiger partial charge in [0, 0.05) is 31.7 Å². The minimum Gasteiger partial charge on any atom is -0.361 e. The van der Waals surface area contributed by atoms with Crippen molar-refractivity contribution in [2.45, 2.75) is 39.7 Å². The summed E-state index contributed by atoms with van der Waals surface area (Å²) in [5.41, 5.74) is 2.26. The topological polar surface area (TPSA) is 66.7 Å². The molecule has 2 saturated heterocycles. The van der Waals surface area contributed by atoms with Crippen LogP contribution >= 0.6 is 0 Å². The lowest BCUT2D eigenvalue weighted by molar-refractivity contribution is 0.147. The van der Waals surface area contributed by atoms with Crippen LogP contribution in [0.1, 0.15) is 36.3 Å². The third-order valence-electron chi connectivity index (χ3n) is 5.18. The quantitative estimate of drug-likeness (QED) is 0.842. The van der Waals surface area contributed by atoms with Gasteiger partial charge in [-0.15, -0.1) is 0 Å². The Morgan fingerprint density at radius 3 is 2.64 bits per heavy atom. The number of hydrogen-bond donors (Lipinski definition) is 0. The number of aromatic nitrogens is 1. The molecule has 22 heavy (non-hydrogen) atoms. The summed E-state index contributed by atoms with van der Waals surface area (Å²) in [5, 5.41) is 4.02. The summed E-state index contributed by atoms with van der Waals surface area (Å²) in [5.74, 6) is 0.889. The summed E-state index contributed by atoms with van der Waals surface area (Å²) in [6.45, 7) is 8.10. The summed E-state index contributed by atoms with van der Waals surface area (Å²) in [6.07, 6.45) is 4.48. The van der Waals surface area contributed by atoms with E-state index in [0.717, 1.165) is 50.4 Å². The molecule has 0 bridgehead atoms. The van der Waals surface area contributed by atoms with Crippen molar-refractivity contribution in [3.8, 4) is 0 Å². The second-order valence-corrected chi connectivity index (χ2v) is 8.95. The van der Waals surface area contributed by atoms with Crippen molar-refractivity contribution >= 4 is 10.0 Å². The molecule has 2 fully saturated rings. The minimum atomic E-state index is -3.08. The van der Waals surface area contributed by atoms with Crippen molar-refractivity contribution in [3.05, 3.63) is 17.0 Å². The molecule has 0 aliphatic carbocycles. The zero-order valence-corrected chi connectivity index (χ0v) is 14.4. The van der Waals surface area contributed by atoms with Crippen LogP contribution in [-0.2, 0) is 16.6 Å². The predicted molar refractivity (Wildman–Crippen MR) is 84.0 cm³/mol. The fourth-order valence-corrected chi connectivity index (χ4v) is 4.86. The third kappa shape index (κ3) is 3.07.